The van der Waals surface area contributed by atoms with Crippen molar-refractivity contribution in [3.05, 3.63) is 0 Å². The topological polar surface area (TPSA) is 160 Å². The quantitative estimate of drug-likeness (QED) is 0.182. The van der Waals surface area contributed by atoms with Gasteiger partial charge in [0, 0.05) is 18.8 Å². The van der Waals surface area contributed by atoms with Crippen molar-refractivity contribution in [2.75, 3.05) is 0 Å². The van der Waals surface area contributed by atoms with Crippen molar-refractivity contribution in [2.24, 2.45) is 23.7 Å². The lowest BCUT2D eigenvalue weighted by Crippen LogP contribution is -2.47. The molecule has 1 saturated heterocycles. The molecule has 2 saturated carbocycles. The maximum Gasteiger partial charge on any atom is 0.405 e. The van der Waals surface area contributed by atoms with Gasteiger partial charge in [0.1, 0.15) is 12.2 Å². The Morgan fingerprint density at radius 1 is 1.06 bits per heavy atom. The molecule has 0 amide bonds. The van der Waals surface area contributed by atoms with E-state index in [1.54, 1.807) is 0 Å². The van der Waals surface area contributed by atoms with Gasteiger partial charge in [0.2, 0.25) is 0 Å². The molecule has 0 aromatic rings. The molecule has 0 aromatic carbocycles. The second-order valence-electron chi connectivity index (χ2n) is 9.18. The first-order chi connectivity index (χ1) is 16.4. The normalized spacial score (nSPS) is 30.9. The number of carbonyl (C=O) groups excluding carboxylic acids is 4. The van der Waals surface area contributed by atoms with Gasteiger partial charge in [-0.2, -0.15) is 17.2 Å². The van der Waals surface area contributed by atoms with Crippen LogP contribution in [0.5, 0.6) is 0 Å². The van der Waals surface area contributed by atoms with E-state index in [-0.39, 0.29) is 6.42 Å². The molecule has 1 N–H and O–H groups in total. The molecule has 3 rings (SSSR count). The molecule has 0 aromatic heterocycles. The van der Waals surface area contributed by atoms with Crippen LogP contribution in [0.15, 0.2) is 0 Å². The monoisotopic (exact) mass is 548 g/mol. The number of hydrogen-bond acceptors (Lipinski definition) is 10. The minimum absolute atomic E-state index is 0.132. The first kappa shape index (κ1) is 28.1. The Bertz CT molecular complexity index is 1040. The van der Waals surface area contributed by atoms with Gasteiger partial charge in [0.25, 0.3) is 5.92 Å². The third-order valence-electron chi connectivity index (χ3n) is 6.75. The largest absolute Gasteiger partial charge is 0.458 e. The molecule has 0 spiro atoms. The molecule has 2 bridgehead atoms. The van der Waals surface area contributed by atoms with Gasteiger partial charge in [0.05, 0.1) is 24.7 Å². The fourth-order valence-corrected chi connectivity index (χ4v) is 5.24. The molecule has 36 heavy (non-hydrogen) atoms. The van der Waals surface area contributed by atoms with Gasteiger partial charge >= 0.3 is 39.2 Å². The lowest BCUT2D eigenvalue weighted by Gasteiger charge is -2.31. The summed E-state index contributed by atoms with van der Waals surface area (Å²) in [5.41, 5.74) is 0. The zero-order chi connectivity index (χ0) is 27.4. The number of alkyl halides is 4. The molecule has 16 heteroatoms. The van der Waals surface area contributed by atoms with Gasteiger partial charge in [-0.3, -0.25) is 23.7 Å². The molecule has 3 fully saturated rings. The van der Waals surface area contributed by atoms with Crippen LogP contribution in [0.4, 0.5) is 17.6 Å². The summed E-state index contributed by atoms with van der Waals surface area (Å²) in [7, 11) is -5.91. The van der Waals surface area contributed by atoms with Crippen LogP contribution in [0.25, 0.3) is 0 Å². The molecule has 0 radical (unpaired) electrons. The van der Waals surface area contributed by atoms with Crippen LogP contribution in [-0.4, -0.2) is 72.4 Å². The fourth-order valence-electron chi connectivity index (χ4n) is 4.77. The van der Waals surface area contributed by atoms with E-state index >= 15 is 0 Å². The highest BCUT2D eigenvalue weighted by molar-refractivity contribution is 7.86. The standard InChI is InChI=1S/C20H24F4O11S/c1-7(19(3,21)22)32-11(25)4-5-12(26)34-15-9-6-10-14(18(28)35-16(10)15)13(9)17(27)33-8(2)20(23,24)36(29,30)31/h7-10,13-16H,4-6H2,1-3H3,(H,29,30,31). The Labute approximate surface area is 202 Å². The molecule has 1 aliphatic heterocycles. The van der Waals surface area contributed by atoms with Gasteiger partial charge in [-0.25, -0.2) is 8.78 Å². The van der Waals surface area contributed by atoms with Crippen LogP contribution in [0, 0.1) is 23.7 Å². The van der Waals surface area contributed by atoms with Crippen LogP contribution in [0.1, 0.15) is 40.0 Å². The Balaban J connectivity index is 1.64. The van der Waals surface area contributed by atoms with Crippen molar-refractivity contribution in [1.82, 2.24) is 0 Å². The Morgan fingerprint density at radius 2 is 1.64 bits per heavy atom. The third kappa shape index (κ3) is 5.14. The predicted octanol–water partition coefficient (Wildman–Crippen LogP) is 1.49. The Morgan fingerprint density at radius 3 is 2.19 bits per heavy atom. The van der Waals surface area contributed by atoms with Gasteiger partial charge in [-0.05, 0) is 20.3 Å². The summed E-state index contributed by atoms with van der Waals surface area (Å²) in [6.45, 7) is 2.07. The summed E-state index contributed by atoms with van der Waals surface area (Å²) >= 11 is 0. The summed E-state index contributed by atoms with van der Waals surface area (Å²) in [4.78, 5) is 49.0. The Kier molecular flexibility index (Phi) is 7.36. The molecule has 8 unspecified atom stereocenters. The first-order valence-electron chi connectivity index (χ1n) is 10.9. The zero-order valence-corrected chi connectivity index (χ0v) is 20.0. The average molecular weight is 548 g/mol. The first-order valence-corrected chi connectivity index (χ1v) is 12.3. The summed E-state index contributed by atoms with van der Waals surface area (Å²) in [5, 5.41) is -4.82. The number of hydrogen-bond donors (Lipinski definition) is 1. The van der Waals surface area contributed by atoms with Crippen molar-refractivity contribution in [3.63, 3.8) is 0 Å². The number of halogens is 4. The number of ether oxygens (including phenoxy) is 4. The molecule has 1 heterocycles. The van der Waals surface area contributed by atoms with Gasteiger partial charge in [-0.1, -0.05) is 0 Å². The molecule has 11 nitrogen and oxygen atoms in total. The highest BCUT2D eigenvalue weighted by Crippen LogP contribution is 2.59. The molecule has 8 atom stereocenters. The van der Waals surface area contributed by atoms with Gasteiger partial charge < -0.3 is 18.9 Å². The van der Waals surface area contributed by atoms with E-state index in [9.17, 15) is 45.2 Å². The van der Waals surface area contributed by atoms with Crippen molar-refractivity contribution in [2.45, 2.75) is 75.6 Å². The third-order valence-corrected chi connectivity index (χ3v) is 7.77. The van der Waals surface area contributed by atoms with Crippen LogP contribution < -0.4 is 0 Å². The fraction of sp³-hybridized carbons (Fsp3) is 0.800. The summed E-state index contributed by atoms with van der Waals surface area (Å²) in [5.74, 6) is -11.6. The second-order valence-corrected chi connectivity index (χ2v) is 10.7. The minimum Gasteiger partial charge on any atom is -0.458 e. The van der Waals surface area contributed by atoms with E-state index in [2.05, 4.69) is 9.47 Å². The van der Waals surface area contributed by atoms with E-state index in [0.29, 0.717) is 13.8 Å². The smallest absolute Gasteiger partial charge is 0.405 e. The van der Waals surface area contributed by atoms with E-state index in [1.807, 2.05) is 0 Å². The molecule has 3 aliphatic rings. The number of carbonyl (C=O) groups is 4. The summed E-state index contributed by atoms with van der Waals surface area (Å²) in [6.07, 6.45) is -7.49. The molecule has 2 aliphatic carbocycles. The number of fused-ring (bicyclic) bond motifs is 1. The van der Waals surface area contributed by atoms with Crippen LogP contribution in [-0.2, 0) is 48.2 Å². The van der Waals surface area contributed by atoms with Crippen molar-refractivity contribution in [3.8, 4) is 0 Å². The van der Waals surface area contributed by atoms with Crippen LogP contribution in [0.2, 0.25) is 0 Å². The maximum atomic E-state index is 13.8. The highest BCUT2D eigenvalue weighted by atomic mass is 32.2. The number of esters is 4. The lowest BCUT2D eigenvalue weighted by molar-refractivity contribution is -0.175. The van der Waals surface area contributed by atoms with E-state index < -0.39 is 106 Å². The summed E-state index contributed by atoms with van der Waals surface area (Å²) < 4.78 is 104. The summed E-state index contributed by atoms with van der Waals surface area (Å²) in [6, 6.07) is 0. The predicted molar refractivity (Wildman–Crippen MR) is 106 cm³/mol. The zero-order valence-electron chi connectivity index (χ0n) is 19.2. The van der Waals surface area contributed by atoms with Crippen molar-refractivity contribution < 1.29 is 68.7 Å². The van der Waals surface area contributed by atoms with E-state index in [4.69, 9.17) is 14.0 Å². The minimum atomic E-state index is -5.91. The highest BCUT2D eigenvalue weighted by Gasteiger charge is 2.70. The second kappa shape index (κ2) is 9.43. The molecule has 204 valence electrons. The van der Waals surface area contributed by atoms with Gasteiger partial charge in [-0.15, -0.1) is 0 Å². The van der Waals surface area contributed by atoms with E-state index in [1.165, 1.54) is 0 Å². The average Bonchev–Trinajstić information content (AvgIpc) is 3.34. The van der Waals surface area contributed by atoms with E-state index in [0.717, 1.165) is 6.92 Å². The van der Waals surface area contributed by atoms with Crippen LogP contribution >= 0.6 is 0 Å². The van der Waals surface area contributed by atoms with Crippen molar-refractivity contribution >= 4 is 34.0 Å². The van der Waals surface area contributed by atoms with Crippen molar-refractivity contribution in [1.29, 1.82) is 0 Å². The maximum absolute atomic E-state index is 13.8. The lowest BCUT2D eigenvalue weighted by atomic mass is 9.78. The SMILES string of the molecule is CC(OC(=O)CCC(=O)OC1C2CC3C1OC(=O)C3C2C(=O)OC(C)C(F)(F)S(=O)(=O)O)C(C)(F)F. The molecular formula is C20H24F4O11S. The van der Waals surface area contributed by atoms with Gasteiger partial charge in [0.15, 0.2) is 12.2 Å². The van der Waals surface area contributed by atoms with Crippen LogP contribution in [0.3, 0.4) is 0 Å². The Hall–Kier alpha value is -2.49. The molecular weight excluding hydrogens is 524 g/mol. The number of rotatable bonds is 10.